The third kappa shape index (κ3) is 4.62. The van der Waals surface area contributed by atoms with E-state index in [1.807, 2.05) is 0 Å². The van der Waals surface area contributed by atoms with Crippen molar-refractivity contribution in [3.8, 4) is 0 Å². The Morgan fingerprint density at radius 3 is 1.74 bits per heavy atom. The Hall–Kier alpha value is -1.23. The van der Waals surface area contributed by atoms with Crippen LogP contribution in [0.15, 0.2) is 0 Å². The van der Waals surface area contributed by atoms with Crippen LogP contribution in [0.1, 0.15) is 98.8 Å². The SMILES string of the molecule is CC(=O)C1CCC2C(O)CCCC12C.CC(=O)OC1CCCC2(C)C(C(C)=O)CCC12. The molecule has 0 aromatic heterocycles. The van der Waals surface area contributed by atoms with E-state index >= 15 is 0 Å². The molecule has 4 fully saturated rings. The van der Waals surface area contributed by atoms with Gasteiger partial charge in [0, 0.05) is 24.7 Å². The van der Waals surface area contributed by atoms with E-state index in [1.54, 1.807) is 13.8 Å². The number of carbonyl (C=O) groups excluding carboxylic acids is 3. The van der Waals surface area contributed by atoms with E-state index in [9.17, 15) is 19.5 Å². The minimum absolute atomic E-state index is 0.0376. The van der Waals surface area contributed by atoms with Crippen molar-refractivity contribution in [2.24, 2.45) is 34.5 Å². The highest BCUT2D eigenvalue weighted by Crippen LogP contribution is 2.57. The molecule has 4 saturated carbocycles. The third-order valence-corrected chi connectivity index (χ3v) is 9.45. The quantitative estimate of drug-likeness (QED) is 0.641. The number of aliphatic hydroxyl groups excluding tert-OH is 1. The fourth-order valence-corrected chi connectivity index (χ4v) is 7.96. The number of ketones is 2. The van der Waals surface area contributed by atoms with Crippen LogP contribution in [0, 0.1) is 34.5 Å². The maximum Gasteiger partial charge on any atom is 0.302 e. The zero-order chi connectivity index (χ0) is 23.0. The van der Waals surface area contributed by atoms with Gasteiger partial charge in [0.1, 0.15) is 17.7 Å². The van der Waals surface area contributed by atoms with E-state index in [-0.39, 0.29) is 40.8 Å². The fourth-order valence-electron chi connectivity index (χ4n) is 7.96. The van der Waals surface area contributed by atoms with Crippen molar-refractivity contribution in [3.63, 3.8) is 0 Å². The Balaban J connectivity index is 0.000000179. The van der Waals surface area contributed by atoms with Crippen LogP contribution in [0.4, 0.5) is 0 Å². The molecule has 0 bridgehead atoms. The molecule has 8 unspecified atom stereocenters. The highest BCUT2D eigenvalue weighted by Gasteiger charge is 2.54. The van der Waals surface area contributed by atoms with Gasteiger partial charge in [0.25, 0.3) is 0 Å². The average molecular weight is 435 g/mol. The van der Waals surface area contributed by atoms with E-state index in [1.165, 1.54) is 6.92 Å². The van der Waals surface area contributed by atoms with Gasteiger partial charge in [-0.15, -0.1) is 0 Å². The van der Waals surface area contributed by atoms with E-state index in [4.69, 9.17) is 4.74 Å². The zero-order valence-electron chi connectivity index (χ0n) is 20.1. The Morgan fingerprint density at radius 1 is 0.742 bits per heavy atom. The fraction of sp³-hybridized carbons (Fsp3) is 0.885. The lowest BCUT2D eigenvalue weighted by Crippen LogP contribution is -2.43. The first-order chi connectivity index (χ1) is 14.5. The van der Waals surface area contributed by atoms with Gasteiger partial charge in [-0.2, -0.15) is 0 Å². The van der Waals surface area contributed by atoms with Gasteiger partial charge in [0.2, 0.25) is 0 Å². The average Bonchev–Trinajstić information content (AvgIpc) is 3.20. The standard InChI is InChI=1S/C14H22O3.C12H20O2/c1-9(15)11-6-7-12-13(17-10(2)16)5-4-8-14(11,12)3;1-8(13)9-5-6-10-11(14)4-3-7-12(9,10)2/h11-13H,4-8H2,1-3H3;9-11,14H,3-7H2,1-2H3. The topological polar surface area (TPSA) is 80.7 Å². The Labute approximate surface area is 187 Å². The molecule has 5 nitrogen and oxygen atoms in total. The Kier molecular flexibility index (Phi) is 7.35. The molecule has 8 atom stereocenters. The number of esters is 1. The van der Waals surface area contributed by atoms with Crippen LogP contribution < -0.4 is 0 Å². The summed E-state index contributed by atoms with van der Waals surface area (Å²) in [6.07, 6.45) is 10.2. The monoisotopic (exact) mass is 434 g/mol. The van der Waals surface area contributed by atoms with Crippen molar-refractivity contribution in [1.82, 2.24) is 0 Å². The molecule has 0 saturated heterocycles. The molecule has 0 radical (unpaired) electrons. The number of hydrogen-bond donors (Lipinski definition) is 1. The third-order valence-electron chi connectivity index (χ3n) is 9.45. The molecule has 4 aliphatic rings. The molecule has 0 spiro atoms. The van der Waals surface area contributed by atoms with Crippen LogP contribution in [0.25, 0.3) is 0 Å². The summed E-state index contributed by atoms with van der Waals surface area (Å²) < 4.78 is 5.45. The van der Waals surface area contributed by atoms with E-state index < -0.39 is 0 Å². The largest absolute Gasteiger partial charge is 0.462 e. The number of rotatable bonds is 3. The molecule has 4 rings (SSSR count). The maximum atomic E-state index is 11.7. The van der Waals surface area contributed by atoms with E-state index in [0.717, 1.165) is 64.2 Å². The lowest BCUT2D eigenvalue weighted by atomic mass is 9.63. The second-order valence-electron chi connectivity index (χ2n) is 11.2. The van der Waals surface area contributed by atoms with Crippen molar-refractivity contribution in [1.29, 1.82) is 0 Å². The number of ether oxygens (including phenoxy) is 1. The second-order valence-corrected chi connectivity index (χ2v) is 11.2. The summed E-state index contributed by atoms with van der Waals surface area (Å²) in [4.78, 5) is 34.4. The number of Topliss-reactive ketones (excluding diaryl/α,β-unsaturated/α-hetero) is 2. The van der Waals surface area contributed by atoms with Gasteiger partial charge in [-0.05, 0) is 88.4 Å². The zero-order valence-corrected chi connectivity index (χ0v) is 20.1. The normalized spacial score (nSPS) is 43.8. The minimum atomic E-state index is -0.189. The Bertz CT molecular complexity index is 702. The molecule has 0 heterocycles. The summed E-state index contributed by atoms with van der Waals surface area (Å²) in [7, 11) is 0. The minimum Gasteiger partial charge on any atom is -0.462 e. The van der Waals surface area contributed by atoms with Gasteiger partial charge in [-0.3, -0.25) is 14.4 Å². The summed E-state index contributed by atoms with van der Waals surface area (Å²) in [6.45, 7) is 9.31. The van der Waals surface area contributed by atoms with Crippen LogP contribution >= 0.6 is 0 Å². The van der Waals surface area contributed by atoms with Gasteiger partial charge in [-0.25, -0.2) is 0 Å². The Morgan fingerprint density at radius 2 is 1.23 bits per heavy atom. The van der Waals surface area contributed by atoms with E-state index in [0.29, 0.717) is 23.4 Å². The number of fused-ring (bicyclic) bond motifs is 2. The first-order valence-corrected chi connectivity index (χ1v) is 12.4. The first kappa shape index (κ1) is 24.4. The van der Waals surface area contributed by atoms with Gasteiger partial charge < -0.3 is 9.84 Å². The molecule has 5 heteroatoms. The smallest absolute Gasteiger partial charge is 0.302 e. The van der Waals surface area contributed by atoms with Crippen LogP contribution in [0.5, 0.6) is 0 Å². The van der Waals surface area contributed by atoms with Gasteiger partial charge in [-0.1, -0.05) is 20.3 Å². The molecule has 31 heavy (non-hydrogen) atoms. The van der Waals surface area contributed by atoms with Crippen LogP contribution in [0.2, 0.25) is 0 Å². The highest BCUT2D eigenvalue weighted by atomic mass is 16.5. The van der Waals surface area contributed by atoms with Gasteiger partial charge in [0.15, 0.2) is 0 Å². The second kappa shape index (κ2) is 9.33. The summed E-state index contributed by atoms with van der Waals surface area (Å²) in [6, 6.07) is 0. The molecule has 0 aromatic carbocycles. The summed E-state index contributed by atoms with van der Waals surface area (Å²) >= 11 is 0. The summed E-state index contributed by atoms with van der Waals surface area (Å²) in [5.74, 6) is 1.58. The van der Waals surface area contributed by atoms with Crippen LogP contribution in [-0.2, 0) is 19.1 Å². The molecule has 176 valence electrons. The summed E-state index contributed by atoms with van der Waals surface area (Å²) in [5, 5.41) is 9.93. The lowest BCUT2D eigenvalue weighted by Gasteiger charge is -2.43. The highest BCUT2D eigenvalue weighted by molar-refractivity contribution is 5.80. The summed E-state index contributed by atoms with van der Waals surface area (Å²) in [5.41, 5.74) is 0.160. The van der Waals surface area contributed by atoms with Crippen molar-refractivity contribution >= 4 is 17.5 Å². The molecule has 4 aliphatic carbocycles. The van der Waals surface area contributed by atoms with Crippen LogP contribution in [-0.4, -0.2) is 34.9 Å². The van der Waals surface area contributed by atoms with Crippen molar-refractivity contribution in [3.05, 3.63) is 0 Å². The number of aliphatic hydroxyl groups is 1. The number of carbonyl (C=O) groups is 3. The van der Waals surface area contributed by atoms with Crippen molar-refractivity contribution < 1.29 is 24.2 Å². The molecule has 0 aromatic rings. The predicted molar refractivity (Wildman–Crippen MR) is 119 cm³/mol. The molecule has 1 N–H and O–H groups in total. The lowest BCUT2D eigenvalue weighted by molar-refractivity contribution is -0.155. The van der Waals surface area contributed by atoms with Crippen molar-refractivity contribution in [2.75, 3.05) is 0 Å². The van der Waals surface area contributed by atoms with E-state index in [2.05, 4.69) is 13.8 Å². The van der Waals surface area contributed by atoms with Crippen molar-refractivity contribution in [2.45, 2.75) is 111 Å². The van der Waals surface area contributed by atoms with Crippen LogP contribution in [0.3, 0.4) is 0 Å². The predicted octanol–water partition coefficient (Wildman–Crippen LogP) is 4.88. The first-order valence-electron chi connectivity index (χ1n) is 12.4. The molecular formula is C26H42O5. The van der Waals surface area contributed by atoms with Gasteiger partial charge >= 0.3 is 5.97 Å². The maximum absolute atomic E-state index is 11.7. The van der Waals surface area contributed by atoms with Gasteiger partial charge in [0.05, 0.1) is 6.10 Å². The molecular weight excluding hydrogens is 392 g/mol. The molecule has 0 aliphatic heterocycles. The molecule has 0 amide bonds. The number of hydrogen-bond acceptors (Lipinski definition) is 5.